The standard InChI is InChI=1S/C7H8IN3/c8-7(11)5-3-4(9)1-2-6(5)10/h1-3,11H,9-10H2. The molecule has 0 heterocycles. The maximum absolute atomic E-state index is 7.32. The molecule has 0 aromatic heterocycles. The van der Waals surface area contributed by atoms with E-state index in [1.54, 1.807) is 18.2 Å². The molecule has 11 heavy (non-hydrogen) atoms. The number of benzene rings is 1. The summed E-state index contributed by atoms with van der Waals surface area (Å²) in [6.45, 7) is 0. The van der Waals surface area contributed by atoms with Gasteiger partial charge in [0.15, 0.2) is 0 Å². The largest absolute Gasteiger partial charge is 0.399 e. The fourth-order valence-electron chi connectivity index (χ4n) is 0.764. The Balaban J connectivity index is 3.23. The summed E-state index contributed by atoms with van der Waals surface area (Å²) in [5, 5.41) is 7.32. The van der Waals surface area contributed by atoms with E-state index in [1.165, 1.54) is 0 Å². The summed E-state index contributed by atoms with van der Waals surface area (Å²) in [5.41, 5.74) is 13.0. The third-order valence-electron chi connectivity index (χ3n) is 1.31. The lowest BCUT2D eigenvalue weighted by molar-refractivity contribution is 1.53. The summed E-state index contributed by atoms with van der Waals surface area (Å²) < 4.78 is 0.410. The highest BCUT2D eigenvalue weighted by molar-refractivity contribution is 14.1. The number of nitrogens with one attached hydrogen (secondary N) is 1. The minimum atomic E-state index is 0.410. The molecule has 0 spiro atoms. The molecule has 0 radical (unpaired) electrons. The summed E-state index contributed by atoms with van der Waals surface area (Å²) in [6, 6.07) is 5.13. The van der Waals surface area contributed by atoms with Gasteiger partial charge < -0.3 is 11.5 Å². The number of nitrogen functional groups attached to an aromatic ring is 2. The van der Waals surface area contributed by atoms with E-state index in [9.17, 15) is 0 Å². The van der Waals surface area contributed by atoms with Crippen LogP contribution in [-0.4, -0.2) is 3.72 Å². The zero-order valence-corrected chi connectivity index (χ0v) is 7.92. The van der Waals surface area contributed by atoms with Gasteiger partial charge in [0, 0.05) is 16.9 Å². The molecule has 1 rings (SSSR count). The first-order valence-corrected chi connectivity index (χ1v) is 4.08. The van der Waals surface area contributed by atoms with E-state index >= 15 is 0 Å². The first-order chi connectivity index (χ1) is 5.11. The van der Waals surface area contributed by atoms with Gasteiger partial charge in [-0.2, -0.15) is 0 Å². The Morgan fingerprint density at radius 3 is 2.45 bits per heavy atom. The Labute approximate surface area is 78.4 Å². The van der Waals surface area contributed by atoms with Gasteiger partial charge in [-0.15, -0.1) is 0 Å². The lowest BCUT2D eigenvalue weighted by atomic mass is 10.2. The molecule has 0 saturated heterocycles. The smallest absolute Gasteiger partial charge is 0.101 e. The van der Waals surface area contributed by atoms with Gasteiger partial charge in [0.05, 0.1) is 0 Å². The molecule has 0 aliphatic carbocycles. The third kappa shape index (κ3) is 1.83. The fraction of sp³-hybridized carbons (Fsp3) is 0. The first-order valence-electron chi connectivity index (χ1n) is 3.00. The van der Waals surface area contributed by atoms with Crippen molar-refractivity contribution >= 4 is 37.7 Å². The molecular formula is C7H8IN3. The van der Waals surface area contributed by atoms with Crippen LogP contribution in [0.2, 0.25) is 0 Å². The van der Waals surface area contributed by atoms with E-state index in [-0.39, 0.29) is 0 Å². The predicted molar refractivity (Wildman–Crippen MR) is 56.1 cm³/mol. The van der Waals surface area contributed by atoms with Gasteiger partial charge >= 0.3 is 0 Å². The van der Waals surface area contributed by atoms with E-state index in [0.717, 1.165) is 0 Å². The van der Waals surface area contributed by atoms with Crippen molar-refractivity contribution in [2.24, 2.45) is 0 Å². The average Bonchev–Trinajstić information content (AvgIpc) is 1.94. The number of halogens is 1. The number of hydrogen-bond acceptors (Lipinski definition) is 3. The van der Waals surface area contributed by atoms with Crippen molar-refractivity contribution in [1.82, 2.24) is 0 Å². The first kappa shape index (κ1) is 8.32. The summed E-state index contributed by atoms with van der Waals surface area (Å²) in [5.74, 6) is 0. The van der Waals surface area contributed by atoms with Crippen molar-refractivity contribution in [2.45, 2.75) is 0 Å². The van der Waals surface area contributed by atoms with Crippen molar-refractivity contribution in [3.05, 3.63) is 23.8 Å². The monoisotopic (exact) mass is 261 g/mol. The molecule has 0 atom stereocenters. The minimum absolute atomic E-state index is 0.410. The number of hydrogen-bond donors (Lipinski definition) is 3. The highest BCUT2D eigenvalue weighted by Gasteiger charge is 2.01. The van der Waals surface area contributed by atoms with Gasteiger partial charge in [-0.25, -0.2) is 0 Å². The van der Waals surface area contributed by atoms with Crippen molar-refractivity contribution in [3.63, 3.8) is 0 Å². The van der Waals surface area contributed by atoms with Crippen molar-refractivity contribution in [3.8, 4) is 0 Å². The third-order valence-corrected chi connectivity index (χ3v) is 1.89. The Hall–Kier alpha value is -0.780. The SMILES string of the molecule is N=C(I)c1cc(N)ccc1N. The number of rotatable bonds is 1. The Kier molecular flexibility index (Phi) is 2.33. The average molecular weight is 261 g/mol. The van der Waals surface area contributed by atoms with Crippen LogP contribution in [0.4, 0.5) is 11.4 Å². The van der Waals surface area contributed by atoms with E-state index in [1.807, 2.05) is 22.6 Å². The molecule has 0 saturated carbocycles. The number of nitrogens with two attached hydrogens (primary N) is 2. The Morgan fingerprint density at radius 1 is 1.36 bits per heavy atom. The second-order valence-electron chi connectivity index (χ2n) is 2.16. The summed E-state index contributed by atoms with van der Waals surface area (Å²) in [6.07, 6.45) is 0. The summed E-state index contributed by atoms with van der Waals surface area (Å²) in [4.78, 5) is 0. The molecule has 0 unspecified atom stereocenters. The fourth-order valence-corrected chi connectivity index (χ4v) is 1.23. The molecule has 4 heteroatoms. The van der Waals surface area contributed by atoms with Crippen LogP contribution in [0, 0.1) is 5.41 Å². The maximum Gasteiger partial charge on any atom is 0.101 e. The molecule has 0 amide bonds. The van der Waals surface area contributed by atoms with Crippen molar-refractivity contribution < 1.29 is 0 Å². The van der Waals surface area contributed by atoms with E-state index in [0.29, 0.717) is 20.7 Å². The van der Waals surface area contributed by atoms with Crippen LogP contribution in [0.5, 0.6) is 0 Å². The normalized spacial score (nSPS) is 9.55. The van der Waals surface area contributed by atoms with Gasteiger partial charge in [0.2, 0.25) is 0 Å². The molecule has 1 aromatic carbocycles. The highest BCUT2D eigenvalue weighted by Crippen LogP contribution is 2.18. The molecule has 1 aromatic rings. The predicted octanol–water partition coefficient (Wildman–Crippen LogP) is 1.61. The second-order valence-corrected chi connectivity index (χ2v) is 3.24. The van der Waals surface area contributed by atoms with Crippen LogP contribution in [0.3, 0.4) is 0 Å². The van der Waals surface area contributed by atoms with Crippen LogP contribution >= 0.6 is 22.6 Å². The zero-order chi connectivity index (χ0) is 8.43. The van der Waals surface area contributed by atoms with Crippen molar-refractivity contribution in [1.29, 1.82) is 5.41 Å². The lowest BCUT2D eigenvalue weighted by Crippen LogP contribution is -1.98. The van der Waals surface area contributed by atoms with Crippen LogP contribution in [0.25, 0.3) is 0 Å². The molecule has 0 aliphatic rings. The second kappa shape index (κ2) is 3.08. The quantitative estimate of drug-likeness (QED) is 0.408. The van der Waals surface area contributed by atoms with Gasteiger partial charge in [0.25, 0.3) is 0 Å². The van der Waals surface area contributed by atoms with Crippen LogP contribution < -0.4 is 11.5 Å². The van der Waals surface area contributed by atoms with Gasteiger partial charge in [-0.1, -0.05) is 0 Å². The Morgan fingerprint density at radius 2 is 2.00 bits per heavy atom. The zero-order valence-electron chi connectivity index (χ0n) is 5.76. The molecule has 0 aliphatic heterocycles. The van der Waals surface area contributed by atoms with Gasteiger partial charge in [-0.3, -0.25) is 5.41 Å². The van der Waals surface area contributed by atoms with E-state index in [4.69, 9.17) is 16.9 Å². The van der Waals surface area contributed by atoms with Gasteiger partial charge in [-0.05, 0) is 40.8 Å². The maximum atomic E-state index is 7.32. The number of anilines is 2. The molecule has 0 bridgehead atoms. The summed E-state index contributed by atoms with van der Waals surface area (Å²) >= 11 is 1.90. The van der Waals surface area contributed by atoms with Crippen LogP contribution in [0.15, 0.2) is 18.2 Å². The molecule has 58 valence electrons. The topological polar surface area (TPSA) is 75.9 Å². The molecule has 5 N–H and O–H groups in total. The van der Waals surface area contributed by atoms with Crippen LogP contribution in [-0.2, 0) is 0 Å². The van der Waals surface area contributed by atoms with Crippen LogP contribution in [0.1, 0.15) is 5.56 Å². The lowest BCUT2D eigenvalue weighted by Gasteiger charge is -2.02. The molecule has 3 nitrogen and oxygen atoms in total. The molecular weight excluding hydrogens is 253 g/mol. The molecule has 0 fully saturated rings. The highest BCUT2D eigenvalue weighted by atomic mass is 127. The Bertz CT molecular complexity index is 296. The van der Waals surface area contributed by atoms with E-state index < -0.39 is 0 Å². The van der Waals surface area contributed by atoms with Gasteiger partial charge in [0.1, 0.15) is 3.72 Å². The minimum Gasteiger partial charge on any atom is -0.399 e. The van der Waals surface area contributed by atoms with Crippen molar-refractivity contribution in [2.75, 3.05) is 11.5 Å². The summed E-state index contributed by atoms with van der Waals surface area (Å²) in [7, 11) is 0. The van der Waals surface area contributed by atoms with E-state index in [2.05, 4.69) is 0 Å².